The fraction of sp³-hybridized carbons (Fsp3) is 0.353. The van der Waals surface area contributed by atoms with Crippen molar-refractivity contribution in [2.24, 2.45) is 0 Å². The largest absolute Gasteiger partial charge is 0.464 e. The van der Waals surface area contributed by atoms with Gasteiger partial charge in [-0.25, -0.2) is 4.79 Å². The van der Waals surface area contributed by atoms with Gasteiger partial charge in [-0.3, -0.25) is 4.21 Å². The maximum atomic E-state index is 12.5. The minimum atomic E-state index is -1.08. The maximum absolute atomic E-state index is 12.5. The van der Waals surface area contributed by atoms with Crippen LogP contribution in [0.1, 0.15) is 17.6 Å². The summed E-state index contributed by atoms with van der Waals surface area (Å²) in [6.07, 6.45) is 1.35. The molecule has 6 nitrogen and oxygen atoms in total. The van der Waals surface area contributed by atoms with Gasteiger partial charge in [0.1, 0.15) is 17.6 Å². The van der Waals surface area contributed by atoms with E-state index in [9.17, 15) is 9.00 Å². The van der Waals surface area contributed by atoms with Crippen molar-refractivity contribution >= 4 is 22.5 Å². The molecule has 1 saturated heterocycles. The number of hydrogen-bond acceptors (Lipinski definition) is 4. The van der Waals surface area contributed by atoms with Gasteiger partial charge in [-0.05, 0) is 37.3 Å². The number of benzene rings is 1. The van der Waals surface area contributed by atoms with E-state index in [-0.39, 0.29) is 12.1 Å². The lowest BCUT2D eigenvalue weighted by Gasteiger charge is -2.32. The van der Waals surface area contributed by atoms with Crippen molar-refractivity contribution in [3.8, 4) is 0 Å². The van der Waals surface area contributed by atoms with Gasteiger partial charge in [0.15, 0.2) is 0 Å². The molecular weight excluding hydrogens is 328 g/mol. The number of aryl methyl sites for hydroxylation is 1. The van der Waals surface area contributed by atoms with E-state index >= 15 is 0 Å². The Bertz CT molecular complexity index is 759. The molecule has 3 rings (SSSR count). The molecule has 1 aliphatic heterocycles. The average molecular weight is 348 g/mol. The second kappa shape index (κ2) is 7.19. The Hall–Kier alpha value is -2.12. The van der Waals surface area contributed by atoms with Crippen LogP contribution in [-0.2, 0) is 15.5 Å². The van der Waals surface area contributed by atoms with Crippen LogP contribution in [0.4, 0.5) is 10.5 Å². The Labute approximate surface area is 143 Å². The Morgan fingerprint density at radius 2 is 2.17 bits per heavy atom. The van der Waals surface area contributed by atoms with E-state index < -0.39 is 10.8 Å². The molecular formula is C17H20N2O4S. The summed E-state index contributed by atoms with van der Waals surface area (Å²) in [6.45, 7) is 3.28. The molecule has 0 unspecified atom stereocenters. The number of nitrogens with one attached hydrogen (secondary N) is 1. The third-order valence-corrected chi connectivity index (χ3v) is 4.77. The van der Waals surface area contributed by atoms with Gasteiger partial charge >= 0.3 is 6.03 Å². The Kier molecular flexibility index (Phi) is 5.01. The zero-order valence-corrected chi connectivity index (χ0v) is 14.5. The number of furan rings is 1. The quantitative estimate of drug-likeness (QED) is 0.926. The molecule has 2 aromatic rings. The standard InChI is InChI=1S/C17H20N2O4S/c1-12-6-7-15(23-12)16-11-19(8-9-22-16)17(20)18-13-4-3-5-14(10-13)24(2)21/h3-7,10,16H,8-9,11H2,1-2H3,(H,18,20)/t16-,24+/m1/s1. The molecule has 2 atom stereocenters. The van der Waals surface area contributed by atoms with Crippen LogP contribution in [0.2, 0.25) is 0 Å². The van der Waals surface area contributed by atoms with Gasteiger partial charge in [-0.2, -0.15) is 0 Å². The lowest BCUT2D eigenvalue weighted by molar-refractivity contribution is -0.0246. The fourth-order valence-corrected chi connectivity index (χ4v) is 3.15. The van der Waals surface area contributed by atoms with Crippen LogP contribution < -0.4 is 5.32 Å². The third kappa shape index (κ3) is 3.85. The van der Waals surface area contributed by atoms with Crippen molar-refractivity contribution in [3.05, 3.63) is 47.9 Å². The summed E-state index contributed by atoms with van der Waals surface area (Å²) in [6, 6.07) is 10.6. The predicted molar refractivity (Wildman–Crippen MR) is 91.5 cm³/mol. The van der Waals surface area contributed by atoms with E-state index in [1.165, 1.54) is 0 Å². The summed E-state index contributed by atoms with van der Waals surface area (Å²) in [5.74, 6) is 1.55. The normalized spacial score (nSPS) is 19.1. The minimum absolute atomic E-state index is 0.203. The van der Waals surface area contributed by atoms with Gasteiger partial charge < -0.3 is 19.4 Å². The maximum Gasteiger partial charge on any atom is 0.322 e. The molecule has 1 aliphatic rings. The van der Waals surface area contributed by atoms with Crippen molar-refractivity contribution in [3.63, 3.8) is 0 Å². The van der Waals surface area contributed by atoms with Crippen LogP contribution in [-0.4, -0.2) is 41.1 Å². The number of anilines is 1. The molecule has 0 bridgehead atoms. The van der Waals surface area contributed by atoms with Crippen molar-refractivity contribution in [2.75, 3.05) is 31.3 Å². The van der Waals surface area contributed by atoms with E-state index in [4.69, 9.17) is 9.15 Å². The first-order valence-electron chi connectivity index (χ1n) is 7.70. The molecule has 1 aromatic carbocycles. The average Bonchev–Trinajstić information content (AvgIpc) is 3.02. The first-order valence-corrected chi connectivity index (χ1v) is 9.26. The van der Waals surface area contributed by atoms with Crippen LogP contribution in [0.15, 0.2) is 45.7 Å². The molecule has 7 heteroatoms. The number of urea groups is 1. The summed E-state index contributed by atoms with van der Waals surface area (Å²) in [4.78, 5) is 14.9. The Balaban J connectivity index is 1.66. The van der Waals surface area contributed by atoms with E-state index in [2.05, 4.69) is 5.32 Å². The highest BCUT2D eigenvalue weighted by atomic mass is 32.2. The summed E-state index contributed by atoms with van der Waals surface area (Å²) < 4.78 is 22.8. The van der Waals surface area contributed by atoms with Crippen LogP contribution in [0.25, 0.3) is 0 Å². The van der Waals surface area contributed by atoms with Gasteiger partial charge in [-0.15, -0.1) is 0 Å². The minimum Gasteiger partial charge on any atom is -0.464 e. The molecule has 1 N–H and O–H groups in total. The SMILES string of the molecule is Cc1ccc([C@H]2CN(C(=O)Nc3cccc([S@](C)=O)c3)CCO2)o1. The molecule has 0 radical (unpaired) electrons. The number of morpholine rings is 1. The van der Waals surface area contributed by atoms with Crippen molar-refractivity contribution in [1.82, 2.24) is 4.90 Å². The number of carbonyl (C=O) groups excluding carboxylic acids is 1. The van der Waals surface area contributed by atoms with Crippen LogP contribution in [0.5, 0.6) is 0 Å². The highest BCUT2D eigenvalue weighted by molar-refractivity contribution is 7.84. The highest BCUT2D eigenvalue weighted by Crippen LogP contribution is 2.24. The van der Waals surface area contributed by atoms with Gasteiger partial charge in [0.25, 0.3) is 0 Å². The number of nitrogens with zero attached hydrogens (tertiary/aromatic N) is 1. The number of rotatable bonds is 3. The number of carbonyl (C=O) groups is 1. The molecule has 2 amide bonds. The molecule has 0 saturated carbocycles. The summed E-state index contributed by atoms with van der Waals surface area (Å²) in [5.41, 5.74) is 0.629. The number of ether oxygens (including phenoxy) is 1. The van der Waals surface area contributed by atoms with Crippen LogP contribution in [0.3, 0.4) is 0 Å². The lowest BCUT2D eigenvalue weighted by atomic mass is 10.2. The van der Waals surface area contributed by atoms with Crippen molar-refractivity contribution in [2.45, 2.75) is 17.9 Å². The highest BCUT2D eigenvalue weighted by Gasteiger charge is 2.27. The van der Waals surface area contributed by atoms with E-state index in [1.54, 1.807) is 35.4 Å². The first kappa shape index (κ1) is 16.7. The second-order valence-corrected chi connectivity index (χ2v) is 7.05. The third-order valence-electron chi connectivity index (χ3n) is 3.85. The molecule has 24 heavy (non-hydrogen) atoms. The molecule has 0 aliphatic carbocycles. The smallest absolute Gasteiger partial charge is 0.322 e. The van der Waals surface area contributed by atoms with E-state index in [0.717, 1.165) is 11.5 Å². The number of hydrogen-bond donors (Lipinski definition) is 1. The van der Waals surface area contributed by atoms with Crippen LogP contribution in [0, 0.1) is 6.92 Å². The monoisotopic (exact) mass is 348 g/mol. The predicted octanol–water partition coefficient (Wildman–Crippen LogP) is 2.93. The zero-order valence-electron chi connectivity index (χ0n) is 13.7. The first-order chi connectivity index (χ1) is 11.5. The van der Waals surface area contributed by atoms with E-state index in [1.807, 2.05) is 19.1 Å². The Morgan fingerprint density at radius 3 is 2.88 bits per heavy atom. The molecule has 128 valence electrons. The lowest BCUT2D eigenvalue weighted by Crippen LogP contribution is -2.44. The van der Waals surface area contributed by atoms with Gasteiger partial charge in [0.2, 0.25) is 0 Å². The van der Waals surface area contributed by atoms with E-state index in [0.29, 0.717) is 30.3 Å². The summed E-state index contributed by atoms with van der Waals surface area (Å²) in [5, 5.41) is 2.85. The molecule has 2 heterocycles. The zero-order chi connectivity index (χ0) is 17.1. The summed E-state index contributed by atoms with van der Waals surface area (Å²) in [7, 11) is -1.08. The van der Waals surface area contributed by atoms with Crippen molar-refractivity contribution < 1.29 is 18.2 Å². The van der Waals surface area contributed by atoms with Gasteiger partial charge in [0, 0.05) is 34.2 Å². The van der Waals surface area contributed by atoms with Gasteiger partial charge in [-0.1, -0.05) is 6.07 Å². The topological polar surface area (TPSA) is 71.8 Å². The molecule has 1 aromatic heterocycles. The van der Waals surface area contributed by atoms with Crippen LogP contribution >= 0.6 is 0 Å². The van der Waals surface area contributed by atoms with Crippen molar-refractivity contribution in [1.29, 1.82) is 0 Å². The summed E-state index contributed by atoms with van der Waals surface area (Å²) >= 11 is 0. The molecule has 1 fully saturated rings. The number of amides is 2. The second-order valence-electron chi connectivity index (χ2n) is 5.67. The fourth-order valence-electron chi connectivity index (χ4n) is 2.59. The molecule has 0 spiro atoms. The van der Waals surface area contributed by atoms with Gasteiger partial charge in [0.05, 0.1) is 13.2 Å². The Morgan fingerprint density at radius 1 is 1.33 bits per heavy atom.